The van der Waals surface area contributed by atoms with Crippen LogP contribution in [-0.4, -0.2) is 34.2 Å². The van der Waals surface area contributed by atoms with Gasteiger partial charge in [-0.25, -0.2) is 9.50 Å². The van der Waals surface area contributed by atoms with Crippen LogP contribution in [0.4, 0.5) is 5.82 Å². The van der Waals surface area contributed by atoms with Gasteiger partial charge in [0.25, 0.3) is 0 Å². The fraction of sp³-hybridized carbons (Fsp3) is 0.462. The van der Waals surface area contributed by atoms with Crippen LogP contribution in [0.25, 0.3) is 5.52 Å². The van der Waals surface area contributed by atoms with Gasteiger partial charge < -0.3 is 10.1 Å². The number of anilines is 1. The van der Waals surface area contributed by atoms with E-state index in [2.05, 4.69) is 40.9 Å². The standard InChI is InChI=1S/C13H18N4O2/c1-13(2,3)10-7-9-12(15-8-11(18)19-4)14-5-6-17(9)16-10/h5-7H,8H2,1-4H3,(H,14,15). The predicted molar refractivity (Wildman–Crippen MR) is 72.2 cm³/mol. The molecule has 6 heteroatoms. The van der Waals surface area contributed by atoms with Crippen molar-refractivity contribution in [2.75, 3.05) is 19.0 Å². The summed E-state index contributed by atoms with van der Waals surface area (Å²) in [4.78, 5) is 15.4. The molecular formula is C13H18N4O2. The van der Waals surface area contributed by atoms with E-state index in [-0.39, 0.29) is 17.9 Å². The molecule has 0 aliphatic carbocycles. The average molecular weight is 262 g/mol. The molecule has 0 fully saturated rings. The average Bonchev–Trinajstić information content (AvgIpc) is 2.80. The number of carbonyl (C=O) groups is 1. The molecule has 0 aromatic carbocycles. The molecule has 2 aromatic heterocycles. The summed E-state index contributed by atoms with van der Waals surface area (Å²) in [6, 6.07) is 1.98. The molecule has 0 amide bonds. The van der Waals surface area contributed by atoms with Crippen LogP contribution in [0.15, 0.2) is 18.5 Å². The third-order valence-corrected chi connectivity index (χ3v) is 2.79. The zero-order valence-electron chi connectivity index (χ0n) is 11.6. The summed E-state index contributed by atoms with van der Waals surface area (Å²) < 4.78 is 6.35. The van der Waals surface area contributed by atoms with Crippen molar-refractivity contribution in [2.45, 2.75) is 26.2 Å². The largest absolute Gasteiger partial charge is 0.468 e. The molecule has 102 valence electrons. The molecule has 0 saturated heterocycles. The van der Waals surface area contributed by atoms with Crippen LogP contribution in [0.2, 0.25) is 0 Å². The van der Waals surface area contributed by atoms with Gasteiger partial charge in [0, 0.05) is 17.8 Å². The number of rotatable bonds is 3. The van der Waals surface area contributed by atoms with Crippen LogP contribution < -0.4 is 5.32 Å². The smallest absolute Gasteiger partial charge is 0.325 e. The van der Waals surface area contributed by atoms with Gasteiger partial charge in [0.2, 0.25) is 0 Å². The van der Waals surface area contributed by atoms with Crippen molar-refractivity contribution in [1.82, 2.24) is 14.6 Å². The summed E-state index contributed by atoms with van der Waals surface area (Å²) in [5, 5.41) is 7.47. The number of fused-ring (bicyclic) bond motifs is 1. The molecule has 0 bridgehead atoms. The van der Waals surface area contributed by atoms with E-state index in [0.717, 1.165) is 11.2 Å². The second-order valence-electron chi connectivity index (χ2n) is 5.31. The summed E-state index contributed by atoms with van der Waals surface area (Å²) >= 11 is 0. The Kier molecular flexibility index (Phi) is 3.42. The Morgan fingerprint density at radius 2 is 2.21 bits per heavy atom. The van der Waals surface area contributed by atoms with Crippen LogP contribution in [-0.2, 0) is 14.9 Å². The van der Waals surface area contributed by atoms with Gasteiger partial charge in [-0.05, 0) is 6.07 Å². The van der Waals surface area contributed by atoms with Crippen LogP contribution in [0.3, 0.4) is 0 Å². The number of carbonyl (C=O) groups excluding carboxylic acids is 1. The van der Waals surface area contributed by atoms with Crippen LogP contribution in [0.1, 0.15) is 26.5 Å². The number of ether oxygens (including phenoxy) is 1. The van der Waals surface area contributed by atoms with Crippen LogP contribution in [0, 0.1) is 0 Å². The first-order chi connectivity index (χ1) is 8.91. The van der Waals surface area contributed by atoms with Gasteiger partial charge in [0.05, 0.1) is 12.8 Å². The maximum atomic E-state index is 11.2. The van der Waals surface area contributed by atoms with Crippen molar-refractivity contribution in [3.8, 4) is 0 Å². The minimum atomic E-state index is -0.334. The zero-order valence-corrected chi connectivity index (χ0v) is 11.6. The highest BCUT2D eigenvalue weighted by atomic mass is 16.5. The van der Waals surface area contributed by atoms with Gasteiger partial charge >= 0.3 is 5.97 Å². The molecule has 2 rings (SSSR count). The third kappa shape index (κ3) is 2.83. The number of hydrogen-bond acceptors (Lipinski definition) is 5. The van der Waals surface area contributed by atoms with E-state index < -0.39 is 0 Å². The maximum absolute atomic E-state index is 11.2. The Bertz CT molecular complexity index is 598. The Hall–Kier alpha value is -2.11. The van der Waals surface area contributed by atoms with Crippen LogP contribution >= 0.6 is 0 Å². The molecule has 0 saturated carbocycles. The van der Waals surface area contributed by atoms with Gasteiger partial charge in [0.15, 0.2) is 5.82 Å². The number of aromatic nitrogens is 3. The first-order valence-electron chi connectivity index (χ1n) is 6.07. The molecule has 0 aliphatic rings. The molecule has 0 spiro atoms. The Morgan fingerprint density at radius 3 is 2.84 bits per heavy atom. The lowest BCUT2D eigenvalue weighted by Gasteiger charge is -2.13. The van der Waals surface area contributed by atoms with E-state index >= 15 is 0 Å². The van der Waals surface area contributed by atoms with Crippen molar-refractivity contribution in [3.63, 3.8) is 0 Å². The van der Waals surface area contributed by atoms with Crippen molar-refractivity contribution >= 4 is 17.3 Å². The van der Waals surface area contributed by atoms with E-state index in [1.165, 1.54) is 7.11 Å². The monoisotopic (exact) mass is 262 g/mol. The first-order valence-corrected chi connectivity index (χ1v) is 6.07. The summed E-state index contributed by atoms with van der Waals surface area (Å²) in [6.45, 7) is 6.39. The minimum absolute atomic E-state index is 0.0361. The summed E-state index contributed by atoms with van der Waals surface area (Å²) in [6.07, 6.45) is 3.43. The van der Waals surface area contributed by atoms with E-state index in [4.69, 9.17) is 0 Å². The molecule has 6 nitrogen and oxygen atoms in total. The topological polar surface area (TPSA) is 68.5 Å². The van der Waals surface area contributed by atoms with Gasteiger partial charge in [-0.15, -0.1) is 0 Å². The zero-order chi connectivity index (χ0) is 14.0. The van der Waals surface area contributed by atoms with Gasteiger partial charge in [-0.2, -0.15) is 5.10 Å². The molecule has 0 atom stereocenters. The second kappa shape index (κ2) is 4.87. The quantitative estimate of drug-likeness (QED) is 0.851. The lowest BCUT2D eigenvalue weighted by atomic mass is 9.92. The van der Waals surface area contributed by atoms with Gasteiger partial charge in [-0.3, -0.25) is 4.79 Å². The second-order valence-corrected chi connectivity index (χ2v) is 5.31. The molecule has 1 N–H and O–H groups in total. The van der Waals surface area contributed by atoms with Gasteiger partial charge in [0.1, 0.15) is 12.1 Å². The first kappa shape index (κ1) is 13.3. The Labute approximate surface area is 111 Å². The highest BCUT2D eigenvalue weighted by molar-refractivity contribution is 5.77. The van der Waals surface area contributed by atoms with Crippen LogP contribution in [0.5, 0.6) is 0 Å². The predicted octanol–water partition coefficient (Wildman–Crippen LogP) is 1.61. The number of methoxy groups -OCH3 is 1. The fourth-order valence-electron chi connectivity index (χ4n) is 1.65. The number of hydrogen-bond donors (Lipinski definition) is 1. The maximum Gasteiger partial charge on any atom is 0.325 e. The summed E-state index contributed by atoms with van der Waals surface area (Å²) in [7, 11) is 1.36. The third-order valence-electron chi connectivity index (χ3n) is 2.79. The number of esters is 1. The molecule has 0 unspecified atom stereocenters. The van der Waals surface area contributed by atoms with E-state index in [0.29, 0.717) is 5.82 Å². The van der Waals surface area contributed by atoms with E-state index in [9.17, 15) is 4.79 Å². The minimum Gasteiger partial charge on any atom is -0.468 e. The summed E-state index contributed by atoms with van der Waals surface area (Å²) in [5.41, 5.74) is 1.78. The van der Waals surface area contributed by atoms with Crippen molar-refractivity contribution < 1.29 is 9.53 Å². The highest BCUT2D eigenvalue weighted by Gasteiger charge is 2.19. The number of nitrogens with zero attached hydrogens (tertiary/aromatic N) is 3. The molecule has 2 heterocycles. The molecule has 0 radical (unpaired) electrons. The van der Waals surface area contributed by atoms with Crippen molar-refractivity contribution in [3.05, 3.63) is 24.2 Å². The fourth-order valence-corrected chi connectivity index (χ4v) is 1.65. The number of nitrogens with one attached hydrogen (secondary N) is 1. The SMILES string of the molecule is COC(=O)CNc1nccn2nc(C(C)(C)C)cc12. The van der Waals surface area contributed by atoms with E-state index in [1.807, 2.05) is 6.07 Å². The van der Waals surface area contributed by atoms with Gasteiger partial charge in [-0.1, -0.05) is 20.8 Å². The van der Waals surface area contributed by atoms with Crippen molar-refractivity contribution in [1.29, 1.82) is 0 Å². The molecule has 19 heavy (non-hydrogen) atoms. The normalized spacial score (nSPS) is 11.6. The molecular weight excluding hydrogens is 244 g/mol. The van der Waals surface area contributed by atoms with Crippen molar-refractivity contribution in [2.24, 2.45) is 0 Å². The highest BCUT2D eigenvalue weighted by Crippen LogP contribution is 2.24. The molecule has 0 aliphatic heterocycles. The lowest BCUT2D eigenvalue weighted by molar-refractivity contribution is -0.138. The van der Waals surface area contributed by atoms with E-state index in [1.54, 1.807) is 16.9 Å². The Morgan fingerprint density at radius 1 is 1.47 bits per heavy atom. The Balaban J connectivity index is 2.34. The molecule has 2 aromatic rings. The summed E-state index contributed by atoms with van der Waals surface area (Å²) in [5.74, 6) is 0.287. The lowest BCUT2D eigenvalue weighted by Crippen LogP contribution is -2.16.